The summed E-state index contributed by atoms with van der Waals surface area (Å²) in [5.41, 5.74) is 29.4. The number of hydrogen-bond donors (Lipinski definition) is 0. The van der Waals surface area contributed by atoms with Gasteiger partial charge in [-0.3, -0.25) is 0 Å². The lowest BCUT2D eigenvalue weighted by Gasteiger charge is -2.34. The summed E-state index contributed by atoms with van der Waals surface area (Å²) in [6.07, 6.45) is 0. The fourth-order valence-electron chi connectivity index (χ4n) is 15.5. The monoisotopic (exact) mass is 1010 g/mol. The molecule has 4 aliphatic carbocycles. The first kappa shape index (κ1) is 43.8. The van der Waals surface area contributed by atoms with E-state index in [0.717, 1.165) is 55.3 Å². The van der Waals surface area contributed by atoms with Crippen molar-refractivity contribution in [1.82, 2.24) is 0 Å². The SMILES string of the molecule is c1ccc(-c2ccccc2-c2cccc3oc4c5ccccc5c(N(c5ccc6c(c5)C5(c7ccccc7-c7ccccc75)c5ccccc5-6)c5ccc6c(c5)C5(c7ccccc7-c7ccccc75)c5ccccc5-6)cc4c23)cc1. The molecule has 13 aromatic carbocycles. The van der Waals surface area contributed by atoms with E-state index in [9.17, 15) is 0 Å². The zero-order chi connectivity index (χ0) is 52.3. The molecule has 80 heavy (non-hydrogen) atoms. The predicted molar refractivity (Wildman–Crippen MR) is 329 cm³/mol. The molecule has 0 N–H and O–H groups in total. The van der Waals surface area contributed by atoms with Crippen molar-refractivity contribution in [2.75, 3.05) is 4.90 Å². The fourth-order valence-corrected chi connectivity index (χ4v) is 15.5. The van der Waals surface area contributed by atoms with Crippen LogP contribution >= 0.6 is 0 Å². The summed E-state index contributed by atoms with van der Waals surface area (Å²) in [4.78, 5) is 2.58. The Morgan fingerprint density at radius 3 is 1.10 bits per heavy atom. The molecule has 18 rings (SSSR count). The van der Waals surface area contributed by atoms with Crippen molar-refractivity contribution in [2.45, 2.75) is 10.8 Å². The van der Waals surface area contributed by atoms with Crippen molar-refractivity contribution in [2.24, 2.45) is 0 Å². The highest BCUT2D eigenvalue weighted by atomic mass is 16.3. The van der Waals surface area contributed by atoms with Crippen LogP contribution in [0.2, 0.25) is 0 Å². The van der Waals surface area contributed by atoms with Gasteiger partial charge in [-0.05, 0) is 148 Å². The maximum absolute atomic E-state index is 7.15. The van der Waals surface area contributed by atoms with Crippen LogP contribution < -0.4 is 4.90 Å². The molecule has 0 atom stereocenters. The number of anilines is 3. The molecule has 14 aromatic rings. The predicted octanol–water partition coefficient (Wildman–Crippen LogP) is 20.2. The molecule has 370 valence electrons. The first-order valence-electron chi connectivity index (χ1n) is 27.9. The second-order valence-electron chi connectivity index (χ2n) is 22.1. The van der Waals surface area contributed by atoms with E-state index in [0.29, 0.717) is 0 Å². The topological polar surface area (TPSA) is 16.4 Å². The summed E-state index contributed by atoms with van der Waals surface area (Å²) in [5.74, 6) is 0. The summed E-state index contributed by atoms with van der Waals surface area (Å²) in [5, 5.41) is 4.35. The molecule has 0 amide bonds. The van der Waals surface area contributed by atoms with Gasteiger partial charge >= 0.3 is 0 Å². The number of fused-ring (bicyclic) bond motifs is 25. The van der Waals surface area contributed by atoms with Gasteiger partial charge in [0.05, 0.1) is 16.5 Å². The molecule has 0 saturated carbocycles. The highest BCUT2D eigenvalue weighted by molar-refractivity contribution is 6.23. The molecule has 2 heteroatoms. The molecular formula is C78H47NO. The van der Waals surface area contributed by atoms with Crippen LogP contribution in [0, 0.1) is 0 Å². The van der Waals surface area contributed by atoms with E-state index >= 15 is 0 Å². The molecule has 4 aliphatic rings. The van der Waals surface area contributed by atoms with Crippen LogP contribution in [0.1, 0.15) is 44.5 Å². The minimum Gasteiger partial charge on any atom is -0.455 e. The zero-order valence-electron chi connectivity index (χ0n) is 43.5. The van der Waals surface area contributed by atoms with Crippen LogP contribution in [0.3, 0.4) is 0 Å². The molecule has 1 heterocycles. The third-order valence-corrected chi connectivity index (χ3v) is 18.5. The third kappa shape index (κ3) is 5.52. The first-order chi connectivity index (χ1) is 39.7. The summed E-state index contributed by atoms with van der Waals surface area (Å²) in [7, 11) is 0. The first-order valence-corrected chi connectivity index (χ1v) is 27.9. The molecule has 0 fully saturated rings. The van der Waals surface area contributed by atoms with E-state index < -0.39 is 10.8 Å². The Kier molecular flexibility index (Phi) is 8.83. The highest BCUT2D eigenvalue weighted by Crippen LogP contribution is 2.66. The fraction of sp³-hybridized carbons (Fsp3) is 0.0256. The van der Waals surface area contributed by atoms with Crippen molar-refractivity contribution in [1.29, 1.82) is 0 Å². The molecule has 1 aromatic heterocycles. The van der Waals surface area contributed by atoms with E-state index in [1.807, 2.05) is 0 Å². The maximum Gasteiger partial charge on any atom is 0.143 e. The molecule has 2 nitrogen and oxygen atoms in total. The van der Waals surface area contributed by atoms with Crippen LogP contribution in [-0.2, 0) is 10.8 Å². The second-order valence-corrected chi connectivity index (χ2v) is 22.1. The Bertz CT molecular complexity index is 4660. The molecular weight excluding hydrogens is 967 g/mol. The Hall–Kier alpha value is -10.3. The average Bonchev–Trinajstić information content (AvgIpc) is 3.95. The minimum atomic E-state index is -0.532. The number of furan rings is 1. The number of hydrogen-bond acceptors (Lipinski definition) is 2. The third-order valence-electron chi connectivity index (χ3n) is 18.5. The molecule has 0 unspecified atom stereocenters. The van der Waals surface area contributed by atoms with E-state index in [2.05, 4.69) is 290 Å². The smallest absolute Gasteiger partial charge is 0.143 e. The van der Waals surface area contributed by atoms with Crippen LogP contribution in [0.4, 0.5) is 17.1 Å². The zero-order valence-corrected chi connectivity index (χ0v) is 43.5. The molecule has 0 bridgehead atoms. The van der Waals surface area contributed by atoms with E-state index in [1.165, 1.54) is 106 Å². The summed E-state index contributed by atoms with van der Waals surface area (Å²) < 4.78 is 7.15. The number of rotatable bonds is 5. The summed E-state index contributed by atoms with van der Waals surface area (Å²) in [6.45, 7) is 0. The van der Waals surface area contributed by atoms with E-state index in [4.69, 9.17) is 4.42 Å². The standard InChI is InChI=1S/C78H47NO/c1-2-21-48(22-3-1)51-23-4-5-24-52(51)62-33-20-40-74-75(62)64-47-73(61-31-6-7-32-63(61)76(64)80-74)79(49-41-43-59-57-29-12-18-38-69(57)77(71(59)45-49)65-34-14-8-25-53(65)54-26-9-15-35-66(54)77)50-42-44-60-58-30-13-19-39-70(58)78(72(60)46-50)67-36-16-10-27-55(67)56-28-11-17-37-68(56)78/h1-47H. The van der Waals surface area contributed by atoms with Gasteiger partial charge in [0.25, 0.3) is 0 Å². The van der Waals surface area contributed by atoms with Crippen molar-refractivity contribution in [3.8, 4) is 66.8 Å². The number of benzene rings is 13. The van der Waals surface area contributed by atoms with Crippen molar-refractivity contribution < 1.29 is 4.42 Å². The highest BCUT2D eigenvalue weighted by Gasteiger charge is 2.53. The molecule has 0 saturated heterocycles. The van der Waals surface area contributed by atoms with Crippen LogP contribution in [0.15, 0.2) is 290 Å². The van der Waals surface area contributed by atoms with Gasteiger partial charge < -0.3 is 9.32 Å². The average molecular weight is 1010 g/mol. The molecule has 2 spiro atoms. The Morgan fingerprint density at radius 1 is 0.250 bits per heavy atom. The van der Waals surface area contributed by atoms with Gasteiger partial charge in [0, 0.05) is 32.9 Å². The van der Waals surface area contributed by atoms with Gasteiger partial charge in [0.2, 0.25) is 0 Å². The van der Waals surface area contributed by atoms with Gasteiger partial charge in [0.1, 0.15) is 11.2 Å². The normalized spacial score (nSPS) is 13.9. The maximum atomic E-state index is 7.15. The van der Waals surface area contributed by atoms with Crippen LogP contribution in [0.5, 0.6) is 0 Å². The lowest BCUT2D eigenvalue weighted by atomic mass is 9.70. The van der Waals surface area contributed by atoms with Crippen molar-refractivity contribution >= 4 is 49.8 Å². The van der Waals surface area contributed by atoms with Gasteiger partial charge in [-0.15, -0.1) is 0 Å². The molecule has 0 aliphatic heterocycles. The lowest BCUT2D eigenvalue weighted by molar-refractivity contribution is 0.673. The Morgan fingerprint density at radius 2 is 0.625 bits per heavy atom. The molecule has 0 radical (unpaired) electrons. The van der Waals surface area contributed by atoms with Crippen LogP contribution in [-0.4, -0.2) is 0 Å². The Labute approximate surface area is 463 Å². The largest absolute Gasteiger partial charge is 0.455 e. The van der Waals surface area contributed by atoms with E-state index in [-0.39, 0.29) is 0 Å². The quantitative estimate of drug-likeness (QED) is 0.171. The van der Waals surface area contributed by atoms with Crippen molar-refractivity contribution in [3.63, 3.8) is 0 Å². The summed E-state index contributed by atoms with van der Waals surface area (Å²) >= 11 is 0. The van der Waals surface area contributed by atoms with E-state index in [1.54, 1.807) is 0 Å². The van der Waals surface area contributed by atoms with Gasteiger partial charge in [0.15, 0.2) is 0 Å². The van der Waals surface area contributed by atoms with Gasteiger partial charge in [-0.25, -0.2) is 0 Å². The van der Waals surface area contributed by atoms with Gasteiger partial charge in [-0.1, -0.05) is 249 Å². The van der Waals surface area contributed by atoms with Crippen molar-refractivity contribution in [3.05, 3.63) is 330 Å². The number of nitrogens with zero attached hydrogens (tertiary/aromatic N) is 1. The second kappa shape index (κ2) is 16.1. The Balaban J connectivity index is 0.956. The van der Waals surface area contributed by atoms with Gasteiger partial charge in [-0.2, -0.15) is 0 Å². The summed E-state index contributed by atoms with van der Waals surface area (Å²) in [6, 6.07) is 107. The minimum absolute atomic E-state index is 0.532. The van der Waals surface area contributed by atoms with Crippen LogP contribution in [0.25, 0.3) is 99.5 Å². The lowest BCUT2D eigenvalue weighted by Crippen LogP contribution is -2.26.